The Balaban J connectivity index is 1.55. The molecule has 1 aromatic carbocycles. The average molecular weight is 441 g/mol. The van der Waals surface area contributed by atoms with E-state index in [-0.39, 0.29) is 36.1 Å². The molecule has 0 bridgehead atoms. The first kappa shape index (κ1) is 20.9. The van der Waals surface area contributed by atoms with Gasteiger partial charge in [0.05, 0.1) is 29.8 Å². The molecule has 9 nitrogen and oxygen atoms in total. The van der Waals surface area contributed by atoms with Gasteiger partial charge in [-0.3, -0.25) is 19.0 Å². The van der Waals surface area contributed by atoms with Gasteiger partial charge in [-0.2, -0.15) is 15.4 Å². The lowest BCUT2D eigenvalue weighted by Crippen LogP contribution is -2.27. The lowest BCUT2D eigenvalue weighted by Gasteiger charge is -2.14. The van der Waals surface area contributed by atoms with E-state index in [2.05, 4.69) is 25.7 Å². The number of benzene rings is 1. The molecule has 160 valence electrons. The van der Waals surface area contributed by atoms with Crippen molar-refractivity contribution in [3.63, 3.8) is 0 Å². The number of Topliss-reactive ketones (excluding diaryl/α,β-unsaturated/α-hetero) is 1. The molecule has 1 aliphatic carbocycles. The van der Waals surface area contributed by atoms with Crippen molar-refractivity contribution in [3.05, 3.63) is 57.4 Å². The third-order valence-corrected chi connectivity index (χ3v) is 5.36. The number of halogens is 1. The fourth-order valence-corrected chi connectivity index (χ4v) is 3.42. The van der Waals surface area contributed by atoms with Crippen LogP contribution in [-0.2, 0) is 22.6 Å². The van der Waals surface area contributed by atoms with Crippen molar-refractivity contribution in [1.82, 2.24) is 25.0 Å². The maximum absolute atomic E-state index is 12.8. The van der Waals surface area contributed by atoms with E-state index in [1.165, 1.54) is 10.6 Å². The van der Waals surface area contributed by atoms with Gasteiger partial charge < -0.3 is 5.32 Å². The topological polar surface area (TPSA) is 123 Å². The first-order chi connectivity index (χ1) is 14.9. The van der Waals surface area contributed by atoms with Crippen LogP contribution in [0.2, 0.25) is 5.02 Å². The number of carbonyl (C=O) groups excluding carboxylic acids is 2. The maximum atomic E-state index is 12.8. The molecule has 1 fully saturated rings. The Kier molecular flexibility index (Phi) is 5.94. The fraction of sp³-hybridized carbons (Fsp3) is 0.333. The minimum absolute atomic E-state index is 0.0257. The Morgan fingerprint density at radius 3 is 2.77 bits per heavy atom. The van der Waals surface area contributed by atoms with Crippen molar-refractivity contribution < 1.29 is 9.59 Å². The second-order valence-electron chi connectivity index (χ2n) is 7.57. The van der Waals surface area contributed by atoms with Gasteiger partial charge in [0.25, 0.3) is 5.56 Å². The van der Waals surface area contributed by atoms with E-state index in [0.717, 1.165) is 12.8 Å². The summed E-state index contributed by atoms with van der Waals surface area (Å²) in [5.41, 5.74) is 1.87. The molecule has 1 saturated carbocycles. The van der Waals surface area contributed by atoms with E-state index < -0.39 is 0 Å². The molecule has 4 rings (SSSR count). The van der Waals surface area contributed by atoms with Crippen LogP contribution in [0.4, 0.5) is 5.69 Å². The number of aryl methyl sites for hydroxylation is 2. The number of nitrogens with one attached hydrogen (secondary N) is 2. The highest BCUT2D eigenvalue weighted by Gasteiger charge is 2.30. The highest BCUT2D eigenvalue weighted by molar-refractivity contribution is 6.31. The Morgan fingerprint density at radius 1 is 1.29 bits per heavy atom. The van der Waals surface area contributed by atoms with Crippen LogP contribution in [0.1, 0.15) is 30.8 Å². The molecule has 0 aliphatic heterocycles. The maximum Gasteiger partial charge on any atom is 0.254 e. The van der Waals surface area contributed by atoms with Gasteiger partial charge >= 0.3 is 0 Å². The van der Waals surface area contributed by atoms with Crippen molar-refractivity contribution >= 4 is 29.0 Å². The number of amides is 1. The summed E-state index contributed by atoms with van der Waals surface area (Å²) in [6.07, 6.45) is 4.00. The molecule has 0 radical (unpaired) electrons. The molecule has 2 aromatic heterocycles. The van der Waals surface area contributed by atoms with Gasteiger partial charge in [0.2, 0.25) is 5.91 Å². The van der Waals surface area contributed by atoms with Crippen LogP contribution in [0.5, 0.6) is 0 Å². The van der Waals surface area contributed by atoms with Crippen LogP contribution >= 0.6 is 11.6 Å². The quantitative estimate of drug-likeness (QED) is 0.555. The van der Waals surface area contributed by atoms with Crippen molar-refractivity contribution in [3.8, 4) is 11.3 Å². The Hall–Kier alpha value is -3.33. The average Bonchev–Trinajstić information content (AvgIpc) is 3.45. The minimum atomic E-state index is -0.341. The predicted octanol–water partition coefficient (Wildman–Crippen LogP) is 2.54. The molecule has 2 N–H and O–H groups in total. The van der Waals surface area contributed by atoms with Crippen molar-refractivity contribution in [2.75, 3.05) is 5.32 Å². The number of rotatable bonds is 8. The zero-order valence-electron chi connectivity index (χ0n) is 16.9. The molecular weight excluding hydrogens is 420 g/mol. The summed E-state index contributed by atoms with van der Waals surface area (Å²) in [4.78, 5) is 41.8. The lowest BCUT2D eigenvalue weighted by atomic mass is 10.1. The summed E-state index contributed by atoms with van der Waals surface area (Å²) in [5.74, 6) is 0.266. The fourth-order valence-electron chi connectivity index (χ4n) is 3.24. The van der Waals surface area contributed by atoms with Crippen LogP contribution in [0, 0.1) is 12.8 Å². The molecule has 0 saturated heterocycles. The van der Waals surface area contributed by atoms with E-state index in [0.29, 0.717) is 39.9 Å². The van der Waals surface area contributed by atoms with Crippen molar-refractivity contribution in [2.45, 2.75) is 39.2 Å². The number of ketones is 1. The SMILES string of the molecule is Cc1nc(-c2ccc(Cl)cc2NC(=O)C2CC2)cc(=O)n1CC(=O)CCc1cn[nH]n1. The molecule has 1 amide bonds. The summed E-state index contributed by atoms with van der Waals surface area (Å²) in [6, 6.07) is 6.42. The molecule has 0 unspecified atom stereocenters. The van der Waals surface area contributed by atoms with Crippen LogP contribution in [0.25, 0.3) is 11.3 Å². The third kappa shape index (κ3) is 5.05. The van der Waals surface area contributed by atoms with Gasteiger partial charge in [-0.05, 0) is 38.0 Å². The summed E-state index contributed by atoms with van der Waals surface area (Å²) in [6.45, 7) is 1.61. The van der Waals surface area contributed by atoms with Gasteiger partial charge in [-0.25, -0.2) is 4.98 Å². The number of aromatic nitrogens is 5. The molecular formula is C21H21ClN6O3. The summed E-state index contributed by atoms with van der Waals surface area (Å²) in [5, 5.41) is 13.5. The number of aromatic amines is 1. The zero-order chi connectivity index (χ0) is 22.0. The van der Waals surface area contributed by atoms with Crippen molar-refractivity contribution in [1.29, 1.82) is 0 Å². The Labute approximate surface area is 182 Å². The third-order valence-electron chi connectivity index (χ3n) is 5.12. The predicted molar refractivity (Wildman–Crippen MR) is 115 cm³/mol. The number of hydrogen-bond donors (Lipinski definition) is 2. The van der Waals surface area contributed by atoms with E-state index >= 15 is 0 Å². The standard InChI is InChI=1S/C21H21ClN6O3/c1-12-24-19(17-7-4-14(22)8-18(17)25-21(31)13-2-3-13)9-20(30)28(12)11-16(29)6-5-15-10-23-27-26-15/h4,7-10,13H,2-3,5-6,11H2,1H3,(H,25,31)(H,23,26,27). The van der Waals surface area contributed by atoms with Crippen molar-refractivity contribution in [2.24, 2.45) is 5.92 Å². The van der Waals surface area contributed by atoms with Gasteiger partial charge in [-0.1, -0.05) is 11.6 Å². The number of anilines is 1. The molecule has 1 aliphatic rings. The largest absolute Gasteiger partial charge is 0.325 e. The van der Waals surface area contributed by atoms with E-state index in [4.69, 9.17) is 11.6 Å². The monoisotopic (exact) mass is 440 g/mol. The van der Waals surface area contributed by atoms with E-state index in [1.807, 2.05) is 0 Å². The number of carbonyl (C=O) groups is 2. The van der Waals surface area contributed by atoms with Crippen LogP contribution < -0.4 is 10.9 Å². The van der Waals surface area contributed by atoms with Gasteiger partial charge in [0.1, 0.15) is 5.82 Å². The minimum Gasteiger partial charge on any atom is -0.325 e. The van der Waals surface area contributed by atoms with E-state index in [9.17, 15) is 14.4 Å². The number of nitrogens with zero attached hydrogens (tertiary/aromatic N) is 4. The summed E-state index contributed by atoms with van der Waals surface area (Å²) in [7, 11) is 0. The number of H-pyrrole nitrogens is 1. The molecule has 31 heavy (non-hydrogen) atoms. The zero-order valence-corrected chi connectivity index (χ0v) is 17.6. The van der Waals surface area contributed by atoms with Crippen LogP contribution in [0.15, 0.2) is 35.3 Å². The summed E-state index contributed by atoms with van der Waals surface area (Å²) < 4.78 is 1.34. The van der Waals surface area contributed by atoms with Gasteiger partial charge in [-0.15, -0.1) is 0 Å². The summed E-state index contributed by atoms with van der Waals surface area (Å²) >= 11 is 6.11. The van der Waals surface area contributed by atoms with Crippen LogP contribution in [-0.4, -0.2) is 36.7 Å². The van der Waals surface area contributed by atoms with Crippen LogP contribution in [0.3, 0.4) is 0 Å². The molecule has 0 atom stereocenters. The Morgan fingerprint density at radius 2 is 2.10 bits per heavy atom. The molecule has 10 heteroatoms. The Bertz CT molecular complexity index is 1180. The first-order valence-corrected chi connectivity index (χ1v) is 10.3. The normalized spacial score (nSPS) is 13.2. The number of hydrogen-bond acceptors (Lipinski definition) is 6. The molecule has 3 aromatic rings. The second kappa shape index (κ2) is 8.81. The lowest BCUT2D eigenvalue weighted by molar-refractivity contribution is -0.119. The first-order valence-electron chi connectivity index (χ1n) is 9.96. The molecule has 2 heterocycles. The smallest absolute Gasteiger partial charge is 0.254 e. The van der Waals surface area contributed by atoms with Gasteiger partial charge in [0.15, 0.2) is 5.78 Å². The molecule has 0 spiro atoms. The second-order valence-corrected chi connectivity index (χ2v) is 8.00. The van der Waals surface area contributed by atoms with Gasteiger partial charge in [0, 0.05) is 35.4 Å². The van der Waals surface area contributed by atoms with E-state index in [1.54, 1.807) is 31.3 Å². The highest BCUT2D eigenvalue weighted by Crippen LogP contribution is 2.33. The highest BCUT2D eigenvalue weighted by atomic mass is 35.5.